The van der Waals surface area contributed by atoms with E-state index in [0.717, 1.165) is 227 Å². The van der Waals surface area contributed by atoms with Crippen molar-refractivity contribution in [3.63, 3.8) is 0 Å². The van der Waals surface area contributed by atoms with Crippen LogP contribution in [0.25, 0.3) is 0 Å². The number of fused-ring (bicyclic) bond motifs is 3. The van der Waals surface area contributed by atoms with Crippen molar-refractivity contribution in [2.24, 2.45) is 0 Å². The molecule has 3 aliphatic carbocycles. The van der Waals surface area contributed by atoms with Crippen LogP contribution in [-0.4, -0.2) is 160 Å². The standard InChI is InChI=1S/2C31H42FN3O3.C30H39FN2O4.CH4/c2*32-24-13-15-27(22-8-3-1-4-9-22)28(20-24)29(31(36)37)35-18-16-26(21-35)38-19-6-2-5-11-25-14-12-23-10-7-17-33-30(23)34-25;31-25-11-7-10-24(28(25)27-13-4-6-19-37-27)29(30(34)35)33-17-16-23(20-33)36-18-5-3-9-22-15-14-21-8-1-2-12-26(21)32-22;/h2*12-15,20,22,26,29H,1-11,16-19,21H2,(H,33,34)(H,36,37);7,10-11,14-15,23,27,29H,1-6,8-9,12-13,16-20H2,(H,34,35);1H4/t26-,29+;26-,29-;23-,27+,29+;/m111./s1. The van der Waals surface area contributed by atoms with Crippen LogP contribution in [-0.2, 0) is 78.3 Å². The molecule has 0 bridgehead atoms. The number of hydrogen-bond donors (Lipinski definition) is 5. The molecule has 0 radical (unpaired) electrons. The van der Waals surface area contributed by atoms with Gasteiger partial charge in [-0.3, -0.25) is 34.1 Å². The van der Waals surface area contributed by atoms with Gasteiger partial charge in [-0.05, 0) is 278 Å². The summed E-state index contributed by atoms with van der Waals surface area (Å²) in [4.78, 5) is 57.6. The number of carboxylic acids is 3. The van der Waals surface area contributed by atoms with E-state index < -0.39 is 36.0 Å². The number of carbonyl (C=O) groups is 3. The van der Waals surface area contributed by atoms with Crippen molar-refractivity contribution in [3.05, 3.63) is 181 Å². The molecule has 2 saturated carbocycles. The fourth-order valence-corrected chi connectivity index (χ4v) is 19.2. The maximum Gasteiger partial charge on any atom is 0.325 e. The van der Waals surface area contributed by atoms with Gasteiger partial charge >= 0.3 is 17.9 Å². The van der Waals surface area contributed by atoms with Crippen LogP contribution in [0.5, 0.6) is 0 Å². The molecule has 15 rings (SSSR count). The number of carboxylic acid groups (broad SMARTS) is 3. The molecule has 6 fully saturated rings. The third-order valence-electron chi connectivity index (χ3n) is 25.2. The Morgan fingerprint density at radius 3 is 1.35 bits per heavy atom. The van der Waals surface area contributed by atoms with Crippen LogP contribution >= 0.6 is 0 Å². The number of nitrogens with one attached hydrogen (secondary N) is 2. The highest BCUT2D eigenvalue weighted by Gasteiger charge is 2.41. The highest BCUT2D eigenvalue weighted by Crippen LogP contribution is 2.43. The number of unbranched alkanes of at least 4 members (excludes halogenated alkanes) is 5. The Morgan fingerprint density at radius 1 is 0.447 bits per heavy atom. The number of anilines is 2. The lowest BCUT2D eigenvalue weighted by Crippen LogP contribution is -2.35. The Labute approximate surface area is 674 Å². The Bertz CT molecular complexity index is 3890. The van der Waals surface area contributed by atoms with Crippen LogP contribution in [0.1, 0.15) is 296 Å². The normalized spacial score (nSPS) is 21.6. The first-order valence-corrected chi connectivity index (χ1v) is 43.4. The zero-order chi connectivity index (χ0) is 78.3. The summed E-state index contributed by atoms with van der Waals surface area (Å²) in [5, 5.41) is 37.4. The molecule has 6 aromatic rings. The number of pyridine rings is 3. The van der Waals surface area contributed by atoms with Crippen LogP contribution in [0.3, 0.4) is 0 Å². The fourth-order valence-electron chi connectivity index (χ4n) is 19.2. The van der Waals surface area contributed by atoms with E-state index in [0.29, 0.717) is 106 Å². The second-order valence-corrected chi connectivity index (χ2v) is 33.2. The van der Waals surface area contributed by atoms with Gasteiger partial charge in [0.05, 0.1) is 24.4 Å². The van der Waals surface area contributed by atoms with Gasteiger partial charge in [0.1, 0.15) is 47.2 Å². The number of hydrogen-bond acceptors (Lipinski definition) is 15. The zero-order valence-electron chi connectivity index (χ0n) is 66.6. The third kappa shape index (κ3) is 23.7. The minimum atomic E-state index is -0.958. The van der Waals surface area contributed by atoms with Gasteiger partial charge in [-0.2, -0.15) is 0 Å². The summed E-state index contributed by atoms with van der Waals surface area (Å²) in [5.41, 5.74) is 13.1. The van der Waals surface area contributed by atoms with Gasteiger partial charge in [0.25, 0.3) is 0 Å². The monoisotopic (exact) mass is 1570 g/mol. The zero-order valence-corrected chi connectivity index (χ0v) is 66.6. The SMILES string of the molecule is C.O=C(O)[C@@H](c1cc(F)ccc1C1CCCCC1)N1CC[C@@H](OCCCCCc2ccc3c(n2)NCCC3)C1.O=C(O)[C@H](c1cc(F)ccc1C1CCCCC1)N1CC[C@@H](OCCCCCc2ccc3c(n2)NCCC3)C1.O=C(O)[C@H](c1cccc(F)c1[C@@H]1CCCCO1)N1CC[C@@H](OCCCCc2ccc3c(n2)CCCC3)C1. The Morgan fingerprint density at radius 2 is 0.877 bits per heavy atom. The quantitative estimate of drug-likeness (QED) is 0.0248. The molecule has 0 spiro atoms. The number of aliphatic carboxylic acids is 3. The summed E-state index contributed by atoms with van der Waals surface area (Å²) in [6.07, 6.45) is 36.5. The number of halogens is 3. The molecule has 114 heavy (non-hydrogen) atoms. The summed E-state index contributed by atoms with van der Waals surface area (Å²) in [7, 11) is 0. The lowest BCUT2D eigenvalue weighted by molar-refractivity contribution is -0.144. The molecule has 4 saturated heterocycles. The number of aryl methyl sites for hydroxylation is 7. The van der Waals surface area contributed by atoms with Crippen molar-refractivity contribution in [1.29, 1.82) is 0 Å². The van der Waals surface area contributed by atoms with E-state index in [1.54, 1.807) is 12.1 Å². The predicted octanol–water partition coefficient (Wildman–Crippen LogP) is 18.7. The molecule has 9 aliphatic rings. The molecule has 21 heteroatoms. The van der Waals surface area contributed by atoms with Crippen molar-refractivity contribution in [2.45, 2.75) is 287 Å². The molecule has 5 N–H and O–H groups in total. The molecular weight excluding hydrogens is 1450 g/mol. The highest BCUT2D eigenvalue weighted by molar-refractivity contribution is 5.78. The largest absolute Gasteiger partial charge is 0.480 e. The minimum Gasteiger partial charge on any atom is -0.480 e. The molecule has 9 heterocycles. The van der Waals surface area contributed by atoms with E-state index >= 15 is 0 Å². The number of aromatic nitrogens is 3. The van der Waals surface area contributed by atoms with Gasteiger partial charge in [-0.15, -0.1) is 0 Å². The Kier molecular flexibility index (Phi) is 33.0. The topological polar surface area (TPSA) is 221 Å². The number of benzene rings is 3. The van der Waals surface area contributed by atoms with Gasteiger partial charge in [0, 0.05) is 107 Å². The summed E-state index contributed by atoms with van der Waals surface area (Å²) in [6.45, 7) is 8.22. The highest BCUT2D eigenvalue weighted by atomic mass is 19.1. The van der Waals surface area contributed by atoms with Crippen LogP contribution < -0.4 is 10.6 Å². The summed E-state index contributed by atoms with van der Waals surface area (Å²) in [6, 6.07) is 24.9. The van der Waals surface area contributed by atoms with E-state index in [1.807, 2.05) is 26.8 Å². The maximum absolute atomic E-state index is 14.9. The lowest BCUT2D eigenvalue weighted by Gasteiger charge is -2.30. The molecule has 3 aromatic heterocycles. The van der Waals surface area contributed by atoms with Gasteiger partial charge in [-0.1, -0.05) is 101 Å². The Hall–Kier alpha value is -7.37. The van der Waals surface area contributed by atoms with Crippen molar-refractivity contribution >= 4 is 29.5 Å². The van der Waals surface area contributed by atoms with E-state index in [2.05, 4.69) is 47.0 Å². The summed E-state index contributed by atoms with van der Waals surface area (Å²) in [5.74, 6) is -1.10. The van der Waals surface area contributed by atoms with Crippen molar-refractivity contribution in [3.8, 4) is 0 Å². The van der Waals surface area contributed by atoms with Crippen LogP contribution in [0, 0.1) is 17.5 Å². The average Bonchev–Trinajstić information content (AvgIpc) is 1.38. The molecular formula is C93H127F3N8O10. The fraction of sp³-hybridized carbons (Fsp3) is 0.613. The van der Waals surface area contributed by atoms with E-state index in [-0.39, 0.29) is 49.3 Å². The van der Waals surface area contributed by atoms with Gasteiger partial charge in [0.15, 0.2) is 0 Å². The molecule has 18 nitrogen and oxygen atoms in total. The third-order valence-corrected chi connectivity index (χ3v) is 25.2. The van der Waals surface area contributed by atoms with Gasteiger partial charge in [0.2, 0.25) is 0 Å². The maximum atomic E-state index is 14.9. The van der Waals surface area contributed by atoms with Gasteiger partial charge in [-0.25, -0.2) is 23.1 Å². The van der Waals surface area contributed by atoms with E-state index in [1.165, 1.54) is 96.9 Å². The molecule has 6 aliphatic heterocycles. The van der Waals surface area contributed by atoms with Crippen LogP contribution in [0.4, 0.5) is 24.8 Å². The molecule has 7 atom stereocenters. The van der Waals surface area contributed by atoms with Crippen molar-refractivity contribution in [2.75, 3.05) is 89.4 Å². The smallest absolute Gasteiger partial charge is 0.325 e. The summed E-state index contributed by atoms with van der Waals surface area (Å²) >= 11 is 0. The Balaban J connectivity index is 0.000000157. The number of nitrogens with zero attached hydrogens (tertiary/aromatic N) is 6. The lowest BCUT2D eigenvalue weighted by atomic mass is 9.80. The number of likely N-dealkylation sites (tertiary alicyclic amines) is 3. The van der Waals surface area contributed by atoms with Crippen molar-refractivity contribution < 1.29 is 61.8 Å². The van der Waals surface area contributed by atoms with E-state index in [4.69, 9.17) is 33.9 Å². The average molecular weight is 1570 g/mol. The second-order valence-electron chi connectivity index (χ2n) is 33.2. The number of ether oxygens (including phenoxy) is 4. The van der Waals surface area contributed by atoms with Crippen LogP contribution in [0.2, 0.25) is 0 Å². The van der Waals surface area contributed by atoms with Crippen molar-refractivity contribution in [1.82, 2.24) is 29.7 Å². The molecule has 620 valence electrons. The first-order valence-electron chi connectivity index (χ1n) is 43.4. The first kappa shape index (κ1) is 86.0. The second kappa shape index (κ2) is 43.7. The minimum absolute atomic E-state index is 0. The number of rotatable bonds is 32. The molecule has 0 amide bonds. The molecule has 3 aromatic carbocycles. The molecule has 0 unspecified atom stereocenters. The first-order chi connectivity index (χ1) is 55.3. The van der Waals surface area contributed by atoms with Crippen LogP contribution in [0.15, 0.2) is 91.0 Å². The van der Waals surface area contributed by atoms with E-state index in [9.17, 15) is 42.9 Å². The van der Waals surface area contributed by atoms with Gasteiger partial charge < -0.3 is 44.9 Å². The summed E-state index contributed by atoms with van der Waals surface area (Å²) < 4.78 is 67.9. The predicted molar refractivity (Wildman–Crippen MR) is 440 cm³/mol.